The molecule has 0 saturated carbocycles. The molecular formula is C12H12Cl3NO. The van der Waals surface area contributed by atoms with Gasteiger partial charge in [0.05, 0.1) is 10.0 Å². The summed E-state index contributed by atoms with van der Waals surface area (Å²) in [7, 11) is 0. The maximum absolute atomic E-state index is 12.2. The van der Waals surface area contributed by atoms with Crippen LogP contribution in [0.1, 0.15) is 23.2 Å². The number of carbonyl (C=O) groups is 1. The Bertz CT molecular complexity index is 436. The maximum atomic E-state index is 12.2. The number of nitrogens with zero attached hydrogens (tertiary/aromatic N) is 1. The monoisotopic (exact) mass is 291 g/mol. The molecule has 1 fully saturated rings. The van der Waals surface area contributed by atoms with E-state index in [0.29, 0.717) is 21.5 Å². The van der Waals surface area contributed by atoms with Crippen LogP contribution in [0.3, 0.4) is 0 Å². The second-order valence-corrected chi connectivity index (χ2v) is 5.20. The largest absolute Gasteiger partial charge is 0.334 e. The lowest BCUT2D eigenvalue weighted by molar-refractivity contribution is 0.0749. The first-order valence-electron chi connectivity index (χ1n) is 5.45. The molecule has 1 aromatic rings. The first-order chi connectivity index (χ1) is 8.13. The quantitative estimate of drug-likeness (QED) is 0.759. The Hall–Kier alpha value is -0.440. The number of rotatable bonds is 2. The molecule has 1 amide bonds. The molecule has 0 N–H and O–H groups in total. The van der Waals surface area contributed by atoms with Crippen LogP contribution in [0.15, 0.2) is 18.2 Å². The molecule has 0 bridgehead atoms. The molecular weight excluding hydrogens is 280 g/mol. The number of benzene rings is 1. The summed E-state index contributed by atoms with van der Waals surface area (Å²) in [4.78, 5) is 14.1. The van der Waals surface area contributed by atoms with Gasteiger partial charge in [-0.1, -0.05) is 23.2 Å². The number of carbonyl (C=O) groups excluding carboxylic acids is 1. The zero-order valence-electron chi connectivity index (χ0n) is 9.13. The van der Waals surface area contributed by atoms with Crippen molar-refractivity contribution in [2.75, 3.05) is 12.4 Å². The summed E-state index contributed by atoms with van der Waals surface area (Å²) in [6, 6.07) is 5.08. The van der Waals surface area contributed by atoms with Crippen molar-refractivity contribution < 1.29 is 4.79 Å². The van der Waals surface area contributed by atoms with Crippen molar-refractivity contribution >= 4 is 40.7 Å². The van der Waals surface area contributed by atoms with Crippen molar-refractivity contribution in [1.82, 2.24) is 4.90 Å². The Labute approximate surface area is 115 Å². The lowest BCUT2D eigenvalue weighted by atomic mass is 10.2. The van der Waals surface area contributed by atoms with E-state index in [1.54, 1.807) is 18.2 Å². The Morgan fingerprint density at radius 1 is 1.35 bits per heavy atom. The highest BCUT2D eigenvalue weighted by molar-refractivity contribution is 6.42. The highest BCUT2D eigenvalue weighted by atomic mass is 35.5. The molecule has 1 atom stereocenters. The van der Waals surface area contributed by atoms with Gasteiger partial charge in [-0.25, -0.2) is 0 Å². The van der Waals surface area contributed by atoms with Crippen LogP contribution in [-0.4, -0.2) is 29.3 Å². The minimum absolute atomic E-state index is 0.0216. The third kappa shape index (κ3) is 2.70. The van der Waals surface area contributed by atoms with E-state index in [1.165, 1.54) is 0 Å². The van der Waals surface area contributed by atoms with Crippen LogP contribution in [0.5, 0.6) is 0 Å². The molecule has 1 aromatic carbocycles. The normalized spacial score (nSPS) is 19.7. The first kappa shape index (κ1) is 13.0. The highest BCUT2D eigenvalue weighted by Gasteiger charge is 2.28. The van der Waals surface area contributed by atoms with E-state index in [2.05, 4.69) is 0 Å². The Morgan fingerprint density at radius 3 is 2.76 bits per heavy atom. The molecule has 92 valence electrons. The van der Waals surface area contributed by atoms with Crippen LogP contribution >= 0.6 is 34.8 Å². The lowest BCUT2D eigenvalue weighted by Gasteiger charge is -2.23. The van der Waals surface area contributed by atoms with Crippen LogP contribution in [-0.2, 0) is 0 Å². The van der Waals surface area contributed by atoms with Crippen LogP contribution in [0.2, 0.25) is 10.0 Å². The van der Waals surface area contributed by atoms with E-state index < -0.39 is 0 Å². The molecule has 17 heavy (non-hydrogen) atoms. The Morgan fingerprint density at radius 2 is 2.12 bits per heavy atom. The van der Waals surface area contributed by atoms with E-state index >= 15 is 0 Å². The number of hydrogen-bond acceptors (Lipinski definition) is 1. The van der Waals surface area contributed by atoms with Crippen LogP contribution in [0.25, 0.3) is 0 Å². The van der Waals surface area contributed by atoms with Crippen LogP contribution in [0.4, 0.5) is 0 Å². The summed E-state index contributed by atoms with van der Waals surface area (Å²) in [6.45, 7) is 0.760. The number of amides is 1. The van der Waals surface area contributed by atoms with E-state index in [0.717, 1.165) is 19.4 Å². The van der Waals surface area contributed by atoms with Gasteiger partial charge in [-0.05, 0) is 31.0 Å². The minimum Gasteiger partial charge on any atom is -0.334 e. The van der Waals surface area contributed by atoms with Crippen LogP contribution < -0.4 is 0 Å². The molecule has 0 aromatic heterocycles. The third-order valence-electron chi connectivity index (χ3n) is 2.98. The topological polar surface area (TPSA) is 20.3 Å². The van der Waals surface area contributed by atoms with E-state index in [1.807, 2.05) is 4.90 Å². The van der Waals surface area contributed by atoms with Crippen LogP contribution in [0, 0.1) is 0 Å². The molecule has 1 aliphatic heterocycles. The molecule has 0 spiro atoms. The maximum Gasteiger partial charge on any atom is 0.254 e. The van der Waals surface area contributed by atoms with Gasteiger partial charge in [0.1, 0.15) is 0 Å². The van der Waals surface area contributed by atoms with Gasteiger partial charge in [-0.3, -0.25) is 4.79 Å². The van der Waals surface area contributed by atoms with Gasteiger partial charge in [0.15, 0.2) is 0 Å². The van der Waals surface area contributed by atoms with Gasteiger partial charge in [0.2, 0.25) is 0 Å². The van der Waals surface area contributed by atoms with Crippen molar-refractivity contribution in [1.29, 1.82) is 0 Å². The summed E-state index contributed by atoms with van der Waals surface area (Å²) < 4.78 is 0. The number of halogens is 3. The smallest absolute Gasteiger partial charge is 0.254 e. The Kier molecular flexibility index (Phi) is 4.18. The highest BCUT2D eigenvalue weighted by Crippen LogP contribution is 2.26. The average Bonchev–Trinajstić information content (AvgIpc) is 2.80. The molecule has 5 heteroatoms. The zero-order chi connectivity index (χ0) is 12.4. The summed E-state index contributed by atoms with van der Waals surface area (Å²) in [5.41, 5.74) is 0.566. The van der Waals surface area contributed by atoms with E-state index in [4.69, 9.17) is 34.8 Å². The SMILES string of the molecule is O=C(c1ccc(Cl)c(Cl)c1)N1CCCC1CCl. The summed E-state index contributed by atoms with van der Waals surface area (Å²) in [5, 5.41) is 0.859. The molecule has 1 saturated heterocycles. The first-order valence-corrected chi connectivity index (χ1v) is 6.74. The van der Waals surface area contributed by atoms with Crippen molar-refractivity contribution in [3.05, 3.63) is 33.8 Å². The number of alkyl halides is 1. The Balaban J connectivity index is 2.21. The summed E-state index contributed by atoms with van der Waals surface area (Å²) >= 11 is 17.6. The molecule has 0 radical (unpaired) electrons. The van der Waals surface area contributed by atoms with Gasteiger partial charge in [0.25, 0.3) is 5.91 Å². The molecule has 1 unspecified atom stereocenters. The second kappa shape index (κ2) is 5.47. The molecule has 2 rings (SSSR count). The standard InChI is InChI=1S/C12H12Cl3NO/c13-7-9-2-1-5-16(9)12(17)8-3-4-10(14)11(15)6-8/h3-4,6,9H,1-2,5,7H2. The van der Waals surface area contributed by atoms with Gasteiger partial charge < -0.3 is 4.90 Å². The second-order valence-electron chi connectivity index (χ2n) is 4.08. The molecule has 2 nitrogen and oxygen atoms in total. The van der Waals surface area contributed by atoms with E-state index in [-0.39, 0.29) is 11.9 Å². The van der Waals surface area contributed by atoms with Crippen molar-refractivity contribution in [2.24, 2.45) is 0 Å². The fourth-order valence-corrected chi connectivity index (χ4v) is 2.68. The van der Waals surface area contributed by atoms with Crippen molar-refractivity contribution in [3.8, 4) is 0 Å². The van der Waals surface area contributed by atoms with Crippen molar-refractivity contribution in [3.63, 3.8) is 0 Å². The summed E-state index contributed by atoms with van der Waals surface area (Å²) in [6.07, 6.45) is 1.97. The molecule has 1 heterocycles. The third-order valence-corrected chi connectivity index (χ3v) is 4.08. The van der Waals surface area contributed by atoms with Gasteiger partial charge in [-0.15, -0.1) is 11.6 Å². The zero-order valence-corrected chi connectivity index (χ0v) is 11.4. The predicted molar refractivity (Wildman–Crippen MR) is 71.2 cm³/mol. The molecule has 0 aliphatic carbocycles. The van der Waals surface area contributed by atoms with Crippen molar-refractivity contribution in [2.45, 2.75) is 18.9 Å². The average molecular weight is 293 g/mol. The molecule has 1 aliphatic rings. The number of likely N-dealkylation sites (tertiary alicyclic amines) is 1. The minimum atomic E-state index is -0.0216. The van der Waals surface area contributed by atoms with Gasteiger partial charge >= 0.3 is 0 Å². The van der Waals surface area contributed by atoms with E-state index in [9.17, 15) is 4.79 Å². The van der Waals surface area contributed by atoms with Gasteiger partial charge in [0, 0.05) is 24.0 Å². The number of hydrogen-bond donors (Lipinski definition) is 0. The fraction of sp³-hybridized carbons (Fsp3) is 0.417. The fourth-order valence-electron chi connectivity index (χ4n) is 2.06. The lowest BCUT2D eigenvalue weighted by Crippen LogP contribution is -2.36. The van der Waals surface area contributed by atoms with Gasteiger partial charge in [-0.2, -0.15) is 0 Å². The summed E-state index contributed by atoms with van der Waals surface area (Å²) in [5.74, 6) is 0.458. The predicted octanol–water partition coefficient (Wildman–Crippen LogP) is 3.84.